The lowest BCUT2D eigenvalue weighted by Gasteiger charge is -2.32. The predicted octanol–water partition coefficient (Wildman–Crippen LogP) is 2.01. The number of benzene rings is 1. The van der Waals surface area contributed by atoms with Gasteiger partial charge in [-0.15, -0.1) is 0 Å². The summed E-state index contributed by atoms with van der Waals surface area (Å²) in [5, 5.41) is 0. The van der Waals surface area contributed by atoms with Crippen LogP contribution in [0, 0.1) is 5.82 Å². The summed E-state index contributed by atoms with van der Waals surface area (Å²) in [7, 11) is 1.54. The Morgan fingerprint density at radius 1 is 1.45 bits per heavy atom. The first-order chi connectivity index (χ1) is 9.51. The summed E-state index contributed by atoms with van der Waals surface area (Å²) in [6.45, 7) is 3.70. The molecule has 0 aromatic heterocycles. The molecule has 1 rings (SSSR count). The van der Waals surface area contributed by atoms with Gasteiger partial charge in [0.05, 0.1) is 12.7 Å². The van der Waals surface area contributed by atoms with Gasteiger partial charge < -0.3 is 15.2 Å². The van der Waals surface area contributed by atoms with E-state index in [0.29, 0.717) is 0 Å². The first-order valence-electron chi connectivity index (χ1n) is 6.67. The zero-order valence-corrected chi connectivity index (χ0v) is 12.2. The van der Waals surface area contributed by atoms with E-state index in [0.717, 1.165) is 0 Å². The van der Waals surface area contributed by atoms with Gasteiger partial charge in [0.25, 0.3) is 0 Å². The molecule has 2 atom stereocenters. The molecule has 4 nitrogen and oxygen atoms in total. The topological polar surface area (TPSA) is 61.5 Å². The average Bonchev–Trinajstić information content (AvgIpc) is 2.45. The fourth-order valence-electron chi connectivity index (χ4n) is 2.27. The van der Waals surface area contributed by atoms with Gasteiger partial charge in [0.15, 0.2) is 0 Å². The predicted molar refractivity (Wildman–Crippen MR) is 74.9 cm³/mol. The second-order valence-electron chi connectivity index (χ2n) is 4.74. The highest BCUT2D eigenvalue weighted by atomic mass is 19.1. The molecule has 112 valence electrons. The van der Waals surface area contributed by atoms with Crippen molar-refractivity contribution in [1.82, 2.24) is 0 Å². The molecule has 0 fully saturated rings. The summed E-state index contributed by atoms with van der Waals surface area (Å²) in [4.78, 5) is 12.4. The molecule has 0 aliphatic carbocycles. The van der Waals surface area contributed by atoms with Gasteiger partial charge in [-0.3, -0.25) is 4.79 Å². The number of ether oxygens (including phenoxy) is 2. The van der Waals surface area contributed by atoms with E-state index in [-0.39, 0.29) is 31.2 Å². The lowest BCUT2D eigenvalue weighted by atomic mass is 9.75. The highest BCUT2D eigenvalue weighted by molar-refractivity contribution is 5.83. The molecule has 0 radical (unpaired) electrons. The van der Waals surface area contributed by atoms with Crippen LogP contribution in [0.1, 0.15) is 25.8 Å². The molecule has 0 spiro atoms. The number of hydrogen-bond acceptors (Lipinski definition) is 4. The Balaban J connectivity index is 3.30. The van der Waals surface area contributed by atoms with Crippen LogP contribution in [0.2, 0.25) is 0 Å². The molecule has 0 aliphatic rings. The van der Waals surface area contributed by atoms with Gasteiger partial charge in [-0.1, -0.05) is 18.2 Å². The van der Waals surface area contributed by atoms with Gasteiger partial charge in [-0.25, -0.2) is 4.39 Å². The number of rotatable bonds is 7. The zero-order valence-electron chi connectivity index (χ0n) is 12.2. The molecule has 0 saturated carbocycles. The highest BCUT2D eigenvalue weighted by Gasteiger charge is 2.43. The first-order valence-corrected chi connectivity index (χ1v) is 6.67. The van der Waals surface area contributed by atoms with Crippen LogP contribution in [0.15, 0.2) is 24.3 Å². The Bertz CT molecular complexity index is 452. The Kier molecular flexibility index (Phi) is 6.10. The van der Waals surface area contributed by atoms with E-state index in [4.69, 9.17) is 15.2 Å². The highest BCUT2D eigenvalue weighted by Crippen LogP contribution is 2.32. The van der Waals surface area contributed by atoms with Crippen LogP contribution in [-0.4, -0.2) is 32.3 Å². The first kappa shape index (κ1) is 16.6. The van der Waals surface area contributed by atoms with Crippen molar-refractivity contribution in [3.63, 3.8) is 0 Å². The van der Waals surface area contributed by atoms with Gasteiger partial charge in [0, 0.05) is 19.2 Å². The number of carbonyl (C=O) groups is 1. The van der Waals surface area contributed by atoms with Crippen molar-refractivity contribution in [3.8, 4) is 0 Å². The Hall–Kier alpha value is -1.46. The van der Waals surface area contributed by atoms with Crippen molar-refractivity contribution < 1.29 is 18.7 Å². The summed E-state index contributed by atoms with van der Waals surface area (Å²) < 4.78 is 24.4. The van der Waals surface area contributed by atoms with Gasteiger partial charge >= 0.3 is 5.97 Å². The maximum Gasteiger partial charge on any atom is 0.318 e. The number of hydrogen-bond donors (Lipinski definition) is 1. The molecule has 0 saturated heterocycles. The third-order valence-corrected chi connectivity index (χ3v) is 3.44. The van der Waals surface area contributed by atoms with E-state index < -0.39 is 17.2 Å². The molecule has 2 N–H and O–H groups in total. The van der Waals surface area contributed by atoms with Crippen LogP contribution in [0.25, 0.3) is 0 Å². The quantitative estimate of drug-likeness (QED) is 0.778. The van der Waals surface area contributed by atoms with Crippen LogP contribution in [0.4, 0.5) is 4.39 Å². The summed E-state index contributed by atoms with van der Waals surface area (Å²) in [6, 6.07) is 6.14. The molecule has 0 amide bonds. The van der Waals surface area contributed by atoms with E-state index in [9.17, 15) is 9.18 Å². The van der Waals surface area contributed by atoms with Gasteiger partial charge in [0.2, 0.25) is 0 Å². The average molecular weight is 283 g/mol. The number of halogens is 1. The van der Waals surface area contributed by atoms with Crippen molar-refractivity contribution >= 4 is 5.97 Å². The minimum atomic E-state index is -1.23. The van der Waals surface area contributed by atoms with Crippen LogP contribution in [-0.2, 0) is 19.7 Å². The van der Waals surface area contributed by atoms with Gasteiger partial charge in [-0.2, -0.15) is 0 Å². The Morgan fingerprint density at radius 2 is 2.10 bits per heavy atom. The standard InChI is InChI=1S/C15H22FNO3/c1-4-20-14(18)15(10-17,9-11(2)19-3)12-7-5-6-8-13(12)16/h5-8,11H,4,9-10,17H2,1-3H3. The van der Waals surface area contributed by atoms with Gasteiger partial charge in [-0.05, 0) is 26.3 Å². The molecule has 5 heteroatoms. The maximum absolute atomic E-state index is 14.1. The lowest BCUT2D eigenvalue weighted by molar-refractivity contribution is -0.151. The molecule has 2 unspecified atom stereocenters. The lowest BCUT2D eigenvalue weighted by Crippen LogP contribution is -2.47. The van der Waals surface area contributed by atoms with Crippen LogP contribution < -0.4 is 5.73 Å². The number of carbonyl (C=O) groups excluding carboxylic acids is 1. The maximum atomic E-state index is 14.1. The largest absolute Gasteiger partial charge is 0.465 e. The van der Waals surface area contributed by atoms with Crippen molar-refractivity contribution in [2.24, 2.45) is 5.73 Å². The van der Waals surface area contributed by atoms with E-state index in [1.54, 1.807) is 32.2 Å². The number of methoxy groups -OCH3 is 1. The summed E-state index contributed by atoms with van der Waals surface area (Å²) in [5.41, 5.74) is 4.85. The fraction of sp³-hybridized carbons (Fsp3) is 0.533. The molecule has 20 heavy (non-hydrogen) atoms. The molecular formula is C15H22FNO3. The fourth-order valence-corrected chi connectivity index (χ4v) is 2.27. The van der Waals surface area contributed by atoms with Crippen LogP contribution >= 0.6 is 0 Å². The van der Waals surface area contributed by atoms with Crippen molar-refractivity contribution in [3.05, 3.63) is 35.6 Å². The zero-order chi connectivity index (χ0) is 15.2. The summed E-state index contributed by atoms with van der Waals surface area (Å²) >= 11 is 0. The second-order valence-corrected chi connectivity index (χ2v) is 4.74. The minimum absolute atomic E-state index is 0.0412. The van der Waals surface area contributed by atoms with Crippen molar-refractivity contribution in [2.75, 3.05) is 20.3 Å². The Labute approximate surface area is 119 Å². The molecule has 0 bridgehead atoms. The Morgan fingerprint density at radius 3 is 2.60 bits per heavy atom. The van der Waals surface area contributed by atoms with E-state index in [1.807, 2.05) is 6.92 Å². The third kappa shape index (κ3) is 3.35. The SMILES string of the molecule is CCOC(=O)C(CN)(CC(C)OC)c1ccccc1F. The number of nitrogens with two attached hydrogens (primary N) is 1. The molecule has 0 heterocycles. The van der Waals surface area contributed by atoms with Crippen LogP contribution in [0.3, 0.4) is 0 Å². The summed E-state index contributed by atoms with van der Waals surface area (Å²) in [6.07, 6.45) is 0.0160. The molecule has 0 aliphatic heterocycles. The van der Waals surface area contributed by atoms with E-state index in [1.165, 1.54) is 6.07 Å². The van der Waals surface area contributed by atoms with E-state index in [2.05, 4.69) is 0 Å². The van der Waals surface area contributed by atoms with Crippen molar-refractivity contribution in [2.45, 2.75) is 31.8 Å². The third-order valence-electron chi connectivity index (χ3n) is 3.44. The van der Waals surface area contributed by atoms with Crippen molar-refractivity contribution in [1.29, 1.82) is 0 Å². The molecular weight excluding hydrogens is 261 g/mol. The summed E-state index contributed by atoms with van der Waals surface area (Å²) in [5.74, 6) is -0.981. The van der Waals surface area contributed by atoms with E-state index >= 15 is 0 Å². The number of esters is 1. The molecule has 1 aromatic rings. The smallest absolute Gasteiger partial charge is 0.318 e. The monoisotopic (exact) mass is 283 g/mol. The molecule has 1 aromatic carbocycles. The normalized spacial score (nSPS) is 15.4. The second kappa shape index (κ2) is 7.36. The van der Waals surface area contributed by atoms with Gasteiger partial charge in [0.1, 0.15) is 11.2 Å². The minimum Gasteiger partial charge on any atom is -0.465 e. The van der Waals surface area contributed by atoms with Crippen LogP contribution in [0.5, 0.6) is 0 Å².